The zero-order valence-electron chi connectivity index (χ0n) is 12.0. The van der Waals surface area contributed by atoms with E-state index in [1.807, 2.05) is 12.1 Å². The van der Waals surface area contributed by atoms with Crippen LogP contribution in [0.1, 0.15) is 15.9 Å². The maximum absolute atomic E-state index is 12.3. The molecule has 1 N–H and O–H groups in total. The van der Waals surface area contributed by atoms with Crippen LogP contribution < -0.4 is 4.74 Å². The number of Topliss-reactive ketones (excluding diaryl/α,β-unsaturated/α-hetero) is 1. The Balaban J connectivity index is 2.06. The molecule has 0 fully saturated rings. The highest BCUT2D eigenvalue weighted by atomic mass is 32.2. The molecule has 0 unspecified atom stereocenters. The highest BCUT2D eigenvalue weighted by Crippen LogP contribution is 2.42. The van der Waals surface area contributed by atoms with Crippen molar-refractivity contribution in [2.75, 3.05) is 7.11 Å². The molecule has 2 aromatic carbocycles. The number of thioether (sulfide) groups is 1. The lowest BCUT2D eigenvalue weighted by molar-refractivity contribution is -0.386. The van der Waals surface area contributed by atoms with Crippen molar-refractivity contribution in [2.24, 2.45) is 0 Å². The molecule has 0 saturated heterocycles. The molecule has 3 rings (SSSR count). The summed E-state index contributed by atoms with van der Waals surface area (Å²) in [5.74, 6) is -0.673. The normalized spacial score (nSPS) is 14.8. The van der Waals surface area contributed by atoms with Gasteiger partial charge in [0.15, 0.2) is 5.75 Å². The van der Waals surface area contributed by atoms with E-state index in [9.17, 15) is 20.0 Å². The zero-order valence-corrected chi connectivity index (χ0v) is 12.8. The number of methoxy groups -OCH3 is 1. The first-order valence-corrected chi connectivity index (χ1v) is 7.41. The number of fused-ring (bicyclic) bond motifs is 1. The maximum Gasteiger partial charge on any atom is 0.315 e. The number of rotatable bonds is 3. The summed E-state index contributed by atoms with van der Waals surface area (Å²) in [6, 6.07) is 9.88. The molecule has 2 aromatic rings. The topological polar surface area (TPSA) is 89.7 Å². The van der Waals surface area contributed by atoms with Gasteiger partial charge in [-0.2, -0.15) is 0 Å². The van der Waals surface area contributed by atoms with Crippen molar-refractivity contribution in [3.05, 3.63) is 62.5 Å². The lowest BCUT2D eigenvalue weighted by Gasteiger charge is -2.05. The number of nitro benzene ring substituents is 1. The molecule has 0 radical (unpaired) electrons. The van der Waals surface area contributed by atoms with Crippen LogP contribution in [0.15, 0.2) is 46.2 Å². The summed E-state index contributed by atoms with van der Waals surface area (Å²) in [4.78, 5) is 24.0. The molecule has 0 spiro atoms. The molecule has 23 heavy (non-hydrogen) atoms. The number of aromatic hydroxyl groups is 1. The Hall–Kier alpha value is -2.80. The number of carbonyl (C=O) groups is 1. The monoisotopic (exact) mass is 329 g/mol. The highest BCUT2D eigenvalue weighted by Gasteiger charge is 2.26. The van der Waals surface area contributed by atoms with Crippen molar-refractivity contribution in [3.63, 3.8) is 0 Å². The second-order valence-electron chi connectivity index (χ2n) is 4.78. The van der Waals surface area contributed by atoms with E-state index in [1.165, 1.54) is 31.0 Å². The number of phenols is 1. The molecule has 1 heterocycles. The number of nitro groups is 1. The summed E-state index contributed by atoms with van der Waals surface area (Å²) in [7, 11) is 1.31. The van der Waals surface area contributed by atoms with Crippen LogP contribution in [0.3, 0.4) is 0 Å². The number of nitrogens with zero attached hydrogens (tertiary/aromatic N) is 1. The van der Waals surface area contributed by atoms with Gasteiger partial charge < -0.3 is 9.84 Å². The molecule has 0 bridgehead atoms. The second-order valence-corrected chi connectivity index (χ2v) is 5.87. The first-order valence-electron chi connectivity index (χ1n) is 6.60. The van der Waals surface area contributed by atoms with Crippen LogP contribution in [0.5, 0.6) is 11.5 Å². The first kappa shape index (κ1) is 15.1. The van der Waals surface area contributed by atoms with Crippen LogP contribution in [0.4, 0.5) is 5.69 Å². The molecular formula is C16H11NO5S. The fraction of sp³-hybridized carbons (Fsp3) is 0.0625. The molecule has 116 valence electrons. The van der Waals surface area contributed by atoms with Gasteiger partial charge in [0.2, 0.25) is 11.5 Å². The van der Waals surface area contributed by atoms with Crippen molar-refractivity contribution in [3.8, 4) is 11.5 Å². The minimum absolute atomic E-state index is 0.0148. The average Bonchev–Trinajstić information content (AvgIpc) is 2.85. The van der Waals surface area contributed by atoms with Gasteiger partial charge in [-0.15, -0.1) is 0 Å². The smallest absolute Gasteiger partial charge is 0.315 e. The molecule has 0 aromatic heterocycles. The largest absolute Gasteiger partial charge is 0.500 e. The summed E-state index contributed by atoms with van der Waals surface area (Å²) in [6.07, 6.45) is 1.56. The minimum atomic E-state index is -0.696. The fourth-order valence-electron chi connectivity index (χ4n) is 2.28. The van der Waals surface area contributed by atoms with Gasteiger partial charge in [0.25, 0.3) is 0 Å². The number of benzene rings is 2. The lowest BCUT2D eigenvalue weighted by Crippen LogP contribution is -1.95. The molecule has 1 aliphatic heterocycles. The number of allylic oxidation sites excluding steroid dienone is 1. The number of hydrogen-bond acceptors (Lipinski definition) is 6. The SMILES string of the molecule is COc1cc(/C=C2/Sc3ccccc3C2=O)cc([N+](=O)[O-])c1O. The van der Waals surface area contributed by atoms with Crippen LogP contribution in [-0.2, 0) is 0 Å². The Bertz CT molecular complexity index is 860. The van der Waals surface area contributed by atoms with Gasteiger partial charge in [-0.1, -0.05) is 23.9 Å². The van der Waals surface area contributed by atoms with E-state index in [-0.39, 0.29) is 11.5 Å². The van der Waals surface area contributed by atoms with E-state index in [0.717, 1.165) is 4.90 Å². The maximum atomic E-state index is 12.3. The van der Waals surface area contributed by atoms with E-state index < -0.39 is 16.4 Å². The van der Waals surface area contributed by atoms with Crippen molar-refractivity contribution in [2.45, 2.75) is 4.90 Å². The number of ketones is 1. The van der Waals surface area contributed by atoms with Gasteiger partial charge in [-0.3, -0.25) is 14.9 Å². The van der Waals surface area contributed by atoms with E-state index in [1.54, 1.807) is 18.2 Å². The Kier molecular flexibility index (Phi) is 3.79. The van der Waals surface area contributed by atoms with E-state index in [0.29, 0.717) is 16.0 Å². The van der Waals surface area contributed by atoms with Crippen molar-refractivity contribution in [1.29, 1.82) is 0 Å². The van der Waals surface area contributed by atoms with E-state index in [4.69, 9.17) is 4.74 Å². The van der Waals surface area contributed by atoms with Gasteiger partial charge in [0, 0.05) is 16.5 Å². The Morgan fingerprint density at radius 1 is 1.30 bits per heavy atom. The quantitative estimate of drug-likeness (QED) is 0.525. The molecule has 0 atom stereocenters. The Labute approximate surface area is 135 Å². The number of hydrogen-bond donors (Lipinski definition) is 1. The third kappa shape index (κ3) is 2.66. The van der Waals surface area contributed by atoms with Gasteiger partial charge in [-0.25, -0.2) is 0 Å². The number of ether oxygens (including phenoxy) is 1. The van der Waals surface area contributed by atoms with Crippen LogP contribution in [0.25, 0.3) is 6.08 Å². The molecule has 0 amide bonds. The van der Waals surface area contributed by atoms with Crippen molar-refractivity contribution < 1.29 is 19.6 Å². The van der Waals surface area contributed by atoms with Crippen LogP contribution >= 0.6 is 11.8 Å². The highest BCUT2D eigenvalue weighted by molar-refractivity contribution is 8.04. The molecule has 0 aliphatic carbocycles. The Morgan fingerprint density at radius 2 is 2.04 bits per heavy atom. The molecule has 6 nitrogen and oxygen atoms in total. The lowest BCUT2D eigenvalue weighted by atomic mass is 10.1. The minimum Gasteiger partial charge on any atom is -0.500 e. The summed E-state index contributed by atoms with van der Waals surface area (Å²) in [5, 5.41) is 20.8. The number of phenolic OH excluding ortho intramolecular Hbond substituents is 1. The predicted molar refractivity (Wildman–Crippen MR) is 85.9 cm³/mol. The first-order chi connectivity index (χ1) is 11.0. The zero-order chi connectivity index (χ0) is 16.6. The van der Waals surface area contributed by atoms with Gasteiger partial charge in [0.05, 0.1) is 16.9 Å². The summed E-state index contributed by atoms with van der Waals surface area (Å²) < 4.78 is 4.95. The van der Waals surface area contributed by atoms with Crippen LogP contribution in [0.2, 0.25) is 0 Å². The molecule has 0 saturated carbocycles. The van der Waals surface area contributed by atoms with Gasteiger partial charge in [-0.05, 0) is 29.8 Å². The molecule has 1 aliphatic rings. The van der Waals surface area contributed by atoms with Gasteiger partial charge >= 0.3 is 5.69 Å². The Morgan fingerprint density at radius 3 is 2.70 bits per heavy atom. The van der Waals surface area contributed by atoms with Crippen LogP contribution in [-0.4, -0.2) is 22.9 Å². The summed E-state index contributed by atoms with van der Waals surface area (Å²) in [6.45, 7) is 0. The third-order valence-corrected chi connectivity index (χ3v) is 4.47. The predicted octanol–water partition coefficient (Wildman–Crippen LogP) is 3.64. The van der Waals surface area contributed by atoms with Crippen molar-refractivity contribution in [1.82, 2.24) is 0 Å². The van der Waals surface area contributed by atoms with Crippen molar-refractivity contribution >= 4 is 29.3 Å². The van der Waals surface area contributed by atoms with E-state index in [2.05, 4.69) is 0 Å². The summed E-state index contributed by atoms with van der Waals surface area (Å²) >= 11 is 1.31. The summed E-state index contributed by atoms with van der Waals surface area (Å²) in [5.41, 5.74) is 0.558. The second kappa shape index (κ2) is 5.77. The van der Waals surface area contributed by atoms with E-state index >= 15 is 0 Å². The van der Waals surface area contributed by atoms with Gasteiger partial charge in [0.1, 0.15) is 0 Å². The van der Waals surface area contributed by atoms with Crippen LogP contribution in [0, 0.1) is 10.1 Å². The standard InChI is InChI=1S/C16H11NO5S/c1-22-12-7-9(6-11(16(12)19)17(20)21)8-14-15(18)10-4-2-3-5-13(10)23-14/h2-8,19H,1H3/b14-8+. The number of carbonyl (C=O) groups excluding carboxylic acids is 1. The molecular weight excluding hydrogens is 318 g/mol. The average molecular weight is 329 g/mol. The fourth-order valence-corrected chi connectivity index (χ4v) is 3.33. The third-order valence-electron chi connectivity index (χ3n) is 3.37. The molecule has 7 heteroatoms.